The van der Waals surface area contributed by atoms with Crippen molar-refractivity contribution < 1.29 is 32.6 Å². The first-order chi connectivity index (χ1) is 17.2. The number of hydrogen-bond donors (Lipinski definition) is 2. The molecule has 3 aromatic rings. The topological polar surface area (TPSA) is 126 Å². The Kier molecular flexibility index (Phi) is 4.93. The minimum absolute atomic E-state index is 0.0984. The SMILES string of the molecule is COC(=O)[C@]1(CO)c2[nH]c3ccccc3c2[C@H]2C(=O)O[C@]23CN(S(=O)(=O)c2ccc(C)cc2)CC[C@@H]31. The summed E-state index contributed by atoms with van der Waals surface area (Å²) in [6.07, 6.45) is 0.194. The number of rotatable bonds is 4. The Morgan fingerprint density at radius 3 is 2.61 bits per heavy atom. The quantitative estimate of drug-likeness (QED) is 0.514. The molecule has 0 bridgehead atoms. The summed E-state index contributed by atoms with van der Waals surface area (Å²) in [7, 11) is -2.64. The molecule has 0 unspecified atom stereocenters. The van der Waals surface area contributed by atoms with Crippen molar-refractivity contribution in [2.45, 2.75) is 35.2 Å². The normalized spacial score (nSPS) is 29.5. The highest BCUT2D eigenvalue weighted by atomic mass is 32.2. The average molecular weight is 511 g/mol. The fourth-order valence-corrected chi connectivity index (χ4v) is 8.08. The van der Waals surface area contributed by atoms with Gasteiger partial charge in [-0.3, -0.25) is 9.59 Å². The standard InChI is InChI=1S/C26H26N2O7S/c1-15-7-9-16(10-8-15)36(32,33)28-12-11-19-25(14-29,24(31)34-2)22-20(17-5-3-4-6-18(17)27-22)21-23(30)35-26(19,21)13-28/h3-10,19,21,27,29H,11-14H2,1-2H3/t19-,21+,25+,26+/m1/s1. The summed E-state index contributed by atoms with van der Waals surface area (Å²) in [6, 6.07) is 13.9. The number of carbonyl (C=O) groups excluding carboxylic acids is 2. The molecule has 2 fully saturated rings. The number of piperidine rings is 1. The van der Waals surface area contributed by atoms with Crippen molar-refractivity contribution in [1.29, 1.82) is 0 Å². The van der Waals surface area contributed by atoms with E-state index in [1.54, 1.807) is 24.3 Å². The van der Waals surface area contributed by atoms with Gasteiger partial charge in [-0.2, -0.15) is 4.31 Å². The maximum atomic E-state index is 13.6. The lowest BCUT2D eigenvalue weighted by Crippen LogP contribution is -2.75. The fourth-order valence-electron chi connectivity index (χ4n) is 6.58. The fraction of sp³-hybridized carbons (Fsp3) is 0.385. The van der Waals surface area contributed by atoms with Crippen molar-refractivity contribution in [1.82, 2.24) is 9.29 Å². The Hall–Kier alpha value is -3.21. The van der Waals surface area contributed by atoms with Gasteiger partial charge in [-0.25, -0.2) is 8.42 Å². The summed E-state index contributed by atoms with van der Waals surface area (Å²) < 4.78 is 39.6. The first-order valence-electron chi connectivity index (χ1n) is 11.8. The van der Waals surface area contributed by atoms with Gasteiger partial charge in [0.25, 0.3) is 0 Å². The molecule has 2 aromatic carbocycles. The van der Waals surface area contributed by atoms with E-state index in [0.29, 0.717) is 16.8 Å². The Labute approximate surface area is 208 Å². The molecule has 6 rings (SSSR count). The molecule has 3 heterocycles. The number of H-pyrrole nitrogens is 1. The number of aromatic amines is 1. The zero-order valence-corrected chi connectivity index (χ0v) is 20.7. The molecule has 0 saturated carbocycles. The molecule has 36 heavy (non-hydrogen) atoms. The zero-order valence-electron chi connectivity index (χ0n) is 19.9. The van der Waals surface area contributed by atoms with Gasteiger partial charge in [-0.05, 0) is 31.5 Å². The van der Waals surface area contributed by atoms with Crippen molar-refractivity contribution in [3.63, 3.8) is 0 Å². The molecule has 2 aliphatic heterocycles. The molecule has 0 amide bonds. The summed E-state index contributed by atoms with van der Waals surface area (Å²) in [4.78, 5) is 29.9. The zero-order chi connectivity index (χ0) is 25.5. The summed E-state index contributed by atoms with van der Waals surface area (Å²) in [6.45, 7) is 1.27. The van der Waals surface area contributed by atoms with Crippen LogP contribution in [0.2, 0.25) is 0 Å². The van der Waals surface area contributed by atoms with Crippen molar-refractivity contribution in [3.05, 3.63) is 65.4 Å². The number of carbonyl (C=O) groups is 2. The number of ether oxygens (including phenoxy) is 2. The molecule has 1 aliphatic carbocycles. The number of aliphatic hydroxyl groups is 1. The molecule has 9 nitrogen and oxygen atoms in total. The van der Waals surface area contributed by atoms with E-state index in [1.165, 1.54) is 11.4 Å². The van der Waals surface area contributed by atoms with E-state index >= 15 is 0 Å². The molecule has 0 radical (unpaired) electrons. The van der Waals surface area contributed by atoms with Gasteiger partial charge >= 0.3 is 11.9 Å². The van der Waals surface area contributed by atoms with Crippen LogP contribution in [0.1, 0.15) is 29.2 Å². The van der Waals surface area contributed by atoms with Gasteiger partial charge in [0.2, 0.25) is 10.0 Å². The first kappa shape index (κ1) is 23.2. The van der Waals surface area contributed by atoms with Gasteiger partial charge in [-0.15, -0.1) is 0 Å². The number of esters is 2. The van der Waals surface area contributed by atoms with Gasteiger partial charge in [0.15, 0.2) is 0 Å². The second kappa shape index (κ2) is 7.64. The van der Waals surface area contributed by atoms with Crippen LogP contribution in [0.3, 0.4) is 0 Å². The second-order valence-corrected chi connectivity index (χ2v) is 11.8. The van der Waals surface area contributed by atoms with Gasteiger partial charge < -0.3 is 19.6 Å². The number of aromatic nitrogens is 1. The monoisotopic (exact) mass is 510 g/mol. The molecule has 188 valence electrons. The number of nitrogens with zero attached hydrogens (tertiary/aromatic N) is 1. The lowest BCUT2D eigenvalue weighted by molar-refractivity contribution is -0.236. The van der Waals surface area contributed by atoms with Crippen LogP contribution in [-0.4, -0.2) is 67.2 Å². The smallest absolute Gasteiger partial charge is 0.320 e. The second-order valence-electron chi connectivity index (χ2n) is 9.88. The van der Waals surface area contributed by atoms with E-state index < -0.39 is 51.4 Å². The molecule has 10 heteroatoms. The van der Waals surface area contributed by atoms with Crippen LogP contribution >= 0.6 is 0 Å². The minimum atomic E-state index is -3.90. The Morgan fingerprint density at radius 1 is 1.22 bits per heavy atom. The van der Waals surface area contributed by atoms with Crippen LogP contribution < -0.4 is 0 Å². The predicted octanol–water partition coefficient (Wildman–Crippen LogP) is 1.98. The van der Waals surface area contributed by atoms with Crippen LogP contribution in [0.15, 0.2) is 53.4 Å². The van der Waals surface area contributed by atoms with Crippen LogP contribution in [0.4, 0.5) is 0 Å². The van der Waals surface area contributed by atoms with Gasteiger partial charge in [-0.1, -0.05) is 35.9 Å². The van der Waals surface area contributed by atoms with E-state index in [9.17, 15) is 23.1 Å². The minimum Gasteiger partial charge on any atom is -0.468 e. The number of aryl methyl sites for hydroxylation is 1. The van der Waals surface area contributed by atoms with Crippen molar-refractivity contribution >= 4 is 32.9 Å². The summed E-state index contributed by atoms with van der Waals surface area (Å²) in [5.74, 6) is -2.60. The molecule has 4 atom stereocenters. The highest BCUT2D eigenvalue weighted by molar-refractivity contribution is 7.89. The number of methoxy groups -OCH3 is 1. The van der Waals surface area contributed by atoms with Crippen LogP contribution in [0.25, 0.3) is 10.9 Å². The third-order valence-electron chi connectivity index (χ3n) is 8.23. The largest absolute Gasteiger partial charge is 0.468 e. The molecule has 2 N–H and O–H groups in total. The van der Waals surface area contributed by atoms with Crippen LogP contribution in [0, 0.1) is 12.8 Å². The van der Waals surface area contributed by atoms with E-state index in [2.05, 4.69) is 4.98 Å². The van der Waals surface area contributed by atoms with Gasteiger partial charge in [0, 0.05) is 34.6 Å². The maximum Gasteiger partial charge on any atom is 0.320 e. The van der Waals surface area contributed by atoms with E-state index in [-0.39, 0.29) is 24.4 Å². The molecule has 3 aliphatic rings. The first-order valence-corrected chi connectivity index (χ1v) is 13.2. The number of nitrogens with one attached hydrogen (secondary N) is 1. The lowest BCUT2D eigenvalue weighted by atomic mass is 9.51. The Morgan fingerprint density at radius 2 is 1.94 bits per heavy atom. The number of benzene rings is 2. The highest BCUT2D eigenvalue weighted by Crippen LogP contribution is 2.63. The van der Waals surface area contributed by atoms with Crippen molar-refractivity contribution in [2.24, 2.45) is 5.92 Å². The highest BCUT2D eigenvalue weighted by Gasteiger charge is 2.75. The van der Waals surface area contributed by atoms with Crippen molar-refractivity contribution in [3.8, 4) is 0 Å². The van der Waals surface area contributed by atoms with E-state index in [4.69, 9.17) is 9.47 Å². The van der Waals surface area contributed by atoms with Crippen LogP contribution in [0.5, 0.6) is 0 Å². The third-order valence-corrected chi connectivity index (χ3v) is 10.1. The molecular weight excluding hydrogens is 484 g/mol. The number of para-hydroxylation sites is 1. The number of aliphatic hydroxyl groups excluding tert-OH is 1. The Balaban J connectivity index is 1.55. The van der Waals surface area contributed by atoms with Crippen molar-refractivity contribution in [2.75, 3.05) is 26.8 Å². The third kappa shape index (κ3) is 2.74. The van der Waals surface area contributed by atoms with E-state index in [1.807, 2.05) is 31.2 Å². The van der Waals surface area contributed by atoms with E-state index in [0.717, 1.165) is 10.9 Å². The lowest BCUT2D eigenvalue weighted by Gasteiger charge is -2.62. The number of fused-ring (bicyclic) bond motifs is 4. The van der Waals surface area contributed by atoms with Gasteiger partial charge in [0.05, 0.1) is 25.2 Å². The molecule has 1 aromatic heterocycles. The predicted molar refractivity (Wildman–Crippen MR) is 129 cm³/mol. The summed E-state index contributed by atoms with van der Waals surface area (Å²) in [5.41, 5.74) is -0.213. The summed E-state index contributed by atoms with van der Waals surface area (Å²) in [5, 5.41) is 11.5. The average Bonchev–Trinajstić information content (AvgIpc) is 3.24. The van der Waals surface area contributed by atoms with Crippen LogP contribution in [-0.2, 0) is 34.5 Å². The summed E-state index contributed by atoms with van der Waals surface area (Å²) >= 11 is 0. The molecule has 1 spiro atoms. The Bertz CT molecular complexity index is 1510. The molecular formula is C26H26N2O7S. The number of hydrogen-bond acceptors (Lipinski definition) is 7. The number of sulfonamides is 1. The van der Waals surface area contributed by atoms with Gasteiger partial charge in [0.1, 0.15) is 16.9 Å². The molecule has 2 saturated heterocycles. The maximum absolute atomic E-state index is 13.6.